The van der Waals surface area contributed by atoms with Gasteiger partial charge in [0, 0.05) is 44.2 Å². The average molecular weight is 1050 g/mol. The monoisotopic (exact) mass is 1050 g/mol. The van der Waals surface area contributed by atoms with E-state index in [2.05, 4.69) is 204 Å². The van der Waals surface area contributed by atoms with E-state index in [1.165, 1.54) is 110 Å². The highest BCUT2D eigenvalue weighted by molar-refractivity contribution is 6.04. The number of H-pyrrole nitrogens is 4. The third-order valence-electron chi connectivity index (χ3n) is 19.2. The average Bonchev–Trinajstić information content (AvgIpc) is 4.31. The molecular weight excluding hydrogens is 977 g/mol. The first-order valence-corrected chi connectivity index (χ1v) is 29.0. The molecule has 2 aromatic carbocycles. The van der Waals surface area contributed by atoms with Gasteiger partial charge in [0.05, 0.1) is 56.6 Å². The molecule has 0 atom stereocenters. The third-order valence-corrected chi connectivity index (χ3v) is 19.2. The van der Waals surface area contributed by atoms with Gasteiger partial charge in [0.15, 0.2) is 0 Å². The van der Waals surface area contributed by atoms with Crippen LogP contribution < -0.4 is 0 Å². The first kappa shape index (κ1) is 51.1. The van der Waals surface area contributed by atoms with Gasteiger partial charge < -0.3 is 19.9 Å². The molecule has 0 unspecified atom stereocenters. The van der Waals surface area contributed by atoms with Gasteiger partial charge in [-0.3, -0.25) is 0 Å². The Labute approximate surface area is 468 Å². The van der Waals surface area contributed by atoms with Gasteiger partial charge in [-0.15, -0.1) is 0 Å². The van der Waals surface area contributed by atoms with Gasteiger partial charge in [-0.1, -0.05) is 64.1 Å². The van der Waals surface area contributed by atoms with Crippen LogP contribution in [0.15, 0.2) is 72.8 Å². The van der Waals surface area contributed by atoms with E-state index in [0.717, 1.165) is 138 Å². The quantitative estimate of drug-likeness (QED) is 0.133. The largest absolute Gasteiger partial charge is 0.355 e. The van der Waals surface area contributed by atoms with Crippen LogP contribution in [0.2, 0.25) is 0 Å². The summed E-state index contributed by atoms with van der Waals surface area (Å²) in [5.41, 5.74) is 40.7. The number of allylic oxidation sites excluding steroid dienone is 8. The zero-order valence-corrected chi connectivity index (χ0v) is 49.5. The van der Waals surface area contributed by atoms with E-state index in [4.69, 9.17) is 19.9 Å². The number of nitrogens with zero attached hydrogens (tertiary/aromatic N) is 4. The molecule has 0 saturated heterocycles. The molecule has 8 nitrogen and oxygen atoms in total. The number of hydrogen-bond donors (Lipinski definition) is 4. The number of aryl methyl sites for hydroxylation is 8. The van der Waals surface area contributed by atoms with Crippen LogP contribution in [-0.2, 0) is 12.8 Å². The van der Waals surface area contributed by atoms with Gasteiger partial charge in [0.25, 0.3) is 0 Å². The molecule has 400 valence electrons. The molecule has 5 aliphatic rings. The highest BCUT2D eigenvalue weighted by atomic mass is 14.8. The van der Waals surface area contributed by atoms with Crippen molar-refractivity contribution in [1.29, 1.82) is 0 Å². The first-order chi connectivity index (χ1) is 38.5. The summed E-state index contributed by atoms with van der Waals surface area (Å²) in [5.74, 6) is 0. The summed E-state index contributed by atoms with van der Waals surface area (Å²) in [6.07, 6.45) is 3.61. The van der Waals surface area contributed by atoms with E-state index in [-0.39, 0.29) is 0 Å². The van der Waals surface area contributed by atoms with Crippen LogP contribution in [0.25, 0.3) is 111 Å². The van der Waals surface area contributed by atoms with Crippen LogP contribution in [0.3, 0.4) is 0 Å². The van der Waals surface area contributed by atoms with Gasteiger partial charge in [0.2, 0.25) is 0 Å². The van der Waals surface area contributed by atoms with Crippen LogP contribution in [-0.4, -0.2) is 39.9 Å². The minimum Gasteiger partial charge on any atom is -0.355 e. The van der Waals surface area contributed by atoms with Crippen LogP contribution >= 0.6 is 0 Å². The van der Waals surface area contributed by atoms with E-state index < -0.39 is 0 Å². The Bertz CT molecular complexity index is 4570. The Kier molecular flexibility index (Phi) is 11.9. The van der Waals surface area contributed by atoms with Crippen molar-refractivity contribution in [2.75, 3.05) is 0 Å². The van der Waals surface area contributed by atoms with Crippen molar-refractivity contribution < 1.29 is 0 Å². The molecule has 0 amide bonds. The summed E-state index contributed by atoms with van der Waals surface area (Å²) >= 11 is 0. The van der Waals surface area contributed by atoms with Crippen molar-refractivity contribution in [3.8, 4) is 22.3 Å². The molecule has 6 aromatic heterocycles. The number of rotatable bonds is 6. The maximum atomic E-state index is 5.74. The zero-order valence-electron chi connectivity index (χ0n) is 49.5. The number of nitrogens with one attached hydrogen (secondary N) is 4. The number of benzene rings is 2. The molecule has 13 rings (SSSR count). The summed E-state index contributed by atoms with van der Waals surface area (Å²) in [5, 5.41) is 4.90. The van der Waals surface area contributed by atoms with Crippen molar-refractivity contribution in [3.63, 3.8) is 0 Å². The van der Waals surface area contributed by atoms with E-state index >= 15 is 0 Å². The Morgan fingerprint density at radius 3 is 1.04 bits per heavy atom. The number of aromatic nitrogens is 8. The first-order valence-electron chi connectivity index (χ1n) is 29.0. The molecule has 4 aliphatic heterocycles. The summed E-state index contributed by atoms with van der Waals surface area (Å²) in [6.45, 7) is 36.0. The molecule has 16 bridgehead atoms. The number of hydrogen-bond acceptors (Lipinski definition) is 4. The number of fused-ring (bicyclic) bond motifs is 18. The smallest absolute Gasteiger partial charge is 0.0769 e. The van der Waals surface area contributed by atoms with Crippen LogP contribution in [0, 0.1) is 62.4 Å². The summed E-state index contributed by atoms with van der Waals surface area (Å²) in [6, 6.07) is 27.4. The topological polar surface area (TPSA) is 115 Å². The van der Waals surface area contributed by atoms with Gasteiger partial charge in [-0.05, 0) is 266 Å². The summed E-state index contributed by atoms with van der Waals surface area (Å²) in [4.78, 5) is 38.1. The SMILES string of the molecule is CCC1=C(C)c2cc3[nH]c(c(C)c3C)c(-c3cccc4c3=c3c(-c5c6nc(cc7[nH]c(cc8nc(cc9[nH]c5c(C)c9C)C(C)=C8CC)c(CC)c7C)C(C)=C6C)cccc3=4)c3nc(cc4[nH]c(cc1n2)c(CC)c4C)C(C)=C3C. The fourth-order valence-electron chi connectivity index (χ4n) is 13.8. The third kappa shape index (κ3) is 7.33. The molecule has 8 aromatic rings. The van der Waals surface area contributed by atoms with Gasteiger partial charge in [0.1, 0.15) is 0 Å². The molecule has 0 radical (unpaired) electrons. The van der Waals surface area contributed by atoms with Crippen molar-refractivity contribution in [1.82, 2.24) is 39.9 Å². The second-order valence-corrected chi connectivity index (χ2v) is 23.1. The second-order valence-electron chi connectivity index (χ2n) is 23.1. The van der Waals surface area contributed by atoms with E-state index in [1.807, 2.05) is 0 Å². The normalized spacial score (nSPS) is 14.0. The Morgan fingerprint density at radius 2 is 0.675 bits per heavy atom. The van der Waals surface area contributed by atoms with Crippen LogP contribution in [0.1, 0.15) is 172 Å². The van der Waals surface area contributed by atoms with Gasteiger partial charge >= 0.3 is 0 Å². The van der Waals surface area contributed by atoms with E-state index in [9.17, 15) is 0 Å². The molecule has 0 spiro atoms. The minimum atomic E-state index is 0.896. The molecule has 0 fully saturated rings. The fourth-order valence-corrected chi connectivity index (χ4v) is 13.8. The van der Waals surface area contributed by atoms with Gasteiger partial charge in [-0.25, -0.2) is 19.9 Å². The van der Waals surface area contributed by atoms with Crippen molar-refractivity contribution in [3.05, 3.63) is 184 Å². The second kappa shape index (κ2) is 18.6. The number of aromatic amines is 4. The highest BCUT2D eigenvalue weighted by Gasteiger charge is 2.28. The molecule has 1 aliphatic carbocycles. The fraction of sp³-hybridized carbons (Fsp3) is 0.278. The maximum Gasteiger partial charge on any atom is 0.0769 e. The lowest BCUT2D eigenvalue weighted by Crippen LogP contribution is -2.00. The van der Waals surface area contributed by atoms with Crippen molar-refractivity contribution in [2.24, 2.45) is 0 Å². The molecule has 10 heterocycles. The Balaban J connectivity index is 1.20. The molecule has 0 saturated carbocycles. The molecule has 8 heteroatoms. The Hall–Kier alpha value is -8.36. The maximum absolute atomic E-state index is 5.74. The van der Waals surface area contributed by atoms with Crippen LogP contribution in [0.4, 0.5) is 0 Å². The van der Waals surface area contributed by atoms with E-state index in [0.29, 0.717) is 0 Å². The predicted molar refractivity (Wildman–Crippen MR) is 337 cm³/mol. The van der Waals surface area contributed by atoms with Crippen LogP contribution in [0.5, 0.6) is 0 Å². The van der Waals surface area contributed by atoms with E-state index in [1.54, 1.807) is 0 Å². The van der Waals surface area contributed by atoms with Crippen molar-refractivity contribution >= 4 is 88.7 Å². The minimum absolute atomic E-state index is 0.896. The summed E-state index contributed by atoms with van der Waals surface area (Å²) in [7, 11) is 0. The lowest BCUT2D eigenvalue weighted by atomic mass is 9.86. The van der Waals surface area contributed by atoms with Gasteiger partial charge in [-0.2, -0.15) is 0 Å². The summed E-state index contributed by atoms with van der Waals surface area (Å²) < 4.78 is 0. The molecule has 4 N–H and O–H groups in total. The lowest BCUT2D eigenvalue weighted by Gasteiger charge is -2.17. The highest BCUT2D eigenvalue weighted by Crippen LogP contribution is 2.45. The molecular formula is C72H72N8. The Morgan fingerprint density at radius 1 is 0.325 bits per heavy atom. The lowest BCUT2D eigenvalue weighted by molar-refractivity contribution is 1.14. The zero-order chi connectivity index (χ0) is 56.1. The predicted octanol–water partition coefficient (Wildman–Crippen LogP) is 18.7. The standard InChI is InChI=1S/C72H72N8/c1-17-45-41(13)57-27-53-33(5)37(9)69(77-53)67(70-38(10)34(6)54(78-70)28-58-42(14)46(18-2)62(74-58)31-61(45)73-57)51-25-21-23-49-50-24-22-26-52(66(50)65(49)51)68-71-39(11)35(7)55(79-71)29-59-43(15)47(19-3)63(75-59)32-64-48(20-4)44(16)60(76-64)30-56-36(8)40(12)72(68)80-56/h21-32,73,75,78,80H,17-20H2,1-16H3. The van der Waals surface area contributed by atoms with Crippen molar-refractivity contribution in [2.45, 2.75) is 136 Å². The molecule has 80 heavy (non-hydrogen) atoms.